The molecular formula is C16H20F3NO2. The minimum absolute atomic E-state index is 0.0165. The van der Waals surface area contributed by atoms with Gasteiger partial charge in [0.1, 0.15) is 5.75 Å². The van der Waals surface area contributed by atoms with Gasteiger partial charge in [-0.1, -0.05) is 12.1 Å². The van der Waals surface area contributed by atoms with Crippen LogP contribution in [0, 0.1) is 6.92 Å². The summed E-state index contributed by atoms with van der Waals surface area (Å²) in [6.07, 6.45) is -2.46. The first kappa shape index (κ1) is 16.6. The van der Waals surface area contributed by atoms with E-state index in [2.05, 4.69) is 4.74 Å². The van der Waals surface area contributed by atoms with Crippen LogP contribution in [0.4, 0.5) is 13.2 Å². The van der Waals surface area contributed by atoms with Gasteiger partial charge in [-0.3, -0.25) is 4.79 Å². The lowest BCUT2D eigenvalue weighted by Crippen LogP contribution is -2.36. The maximum Gasteiger partial charge on any atom is 0.427 e. The molecular weight excluding hydrogens is 295 g/mol. The van der Waals surface area contributed by atoms with Crippen LogP contribution in [-0.2, 0) is 4.79 Å². The number of piperidine rings is 1. The minimum Gasteiger partial charge on any atom is -0.430 e. The van der Waals surface area contributed by atoms with Gasteiger partial charge in [-0.05, 0) is 42.9 Å². The average molecular weight is 315 g/mol. The number of halogens is 3. The number of ether oxygens (including phenoxy) is 1. The number of hydrogen-bond donors (Lipinski definition) is 0. The van der Waals surface area contributed by atoms with Crippen LogP contribution < -0.4 is 4.74 Å². The zero-order valence-corrected chi connectivity index (χ0v) is 12.7. The first-order valence-corrected chi connectivity index (χ1v) is 7.31. The minimum atomic E-state index is -3.82. The second kappa shape index (κ2) is 6.58. The Hall–Kier alpha value is -1.72. The number of carbonyl (C=O) groups is 1. The molecule has 6 heteroatoms. The summed E-state index contributed by atoms with van der Waals surface area (Å²) in [5.74, 6) is 0.0772. The summed E-state index contributed by atoms with van der Waals surface area (Å²) in [7, 11) is 0. The van der Waals surface area contributed by atoms with Gasteiger partial charge in [0.05, 0.1) is 0 Å². The van der Waals surface area contributed by atoms with Crippen molar-refractivity contribution in [2.45, 2.75) is 38.7 Å². The fourth-order valence-electron chi connectivity index (χ4n) is 2.76. The zero-order chi connectivity index (χ0) is 16.3. The van der Waals surface area contributed by atoms with E-state index in [0.717, 1.165) is 5.56 Å². The molecule has 1 heterocycles. The molecule has 1 aliphatic heterocycles. The molecule has 2 rings (SSSR count). The first-order valence-electron chi connectivity index (χ1n) is 7.31. The molecule has 0 atom stereocenters. The second-order valence-corrected chi connectivity index (χ2v) is 5.69. The fourth-order valence-corrected chi connectivity index (χ4v) is 2.76. The maximum atomic E-state index is 13.2. The van der Waals surface area contributed by atoms with Gasteiger partial charge in [0.25, 0.3) is 0 Å². The smallest absolute Gasteiger partial charge is 0.427 e. The van der Waals surface area contributed by atoms with Crippen molar-refractivity contribution in [3.63, 3.8) is 0 Å². The Morgan fingerprint density at radius 1 is 1.36 bits per heavy atom. The quantitative estimate of drug-likeness (QED) is 0.848. The van der Waals surface area contributed by atoms with E-state index in [1.54, 1.807) is 17.9 Å². The maximum absolute atomic E-state index is 13.2. The van der Waals surface area contributed by atoms with E-state index in [1.807, 2.05) is 6.07 Å². The summed E-state index contributed by atoms with van der Waals surface area (Å²) < 4.78 is 43.4. The van der Waals surface area contributed by atoms with Crippen LogP contribution in [0.2, 0.25) is 0 Å². The first-order chi connectivity index (χ1) is 10.3. The van der Waals surface area contributed by atoms with E-state index in [1.165, 1.54) is 13.0 Å². The molecule has 0 bridgehead atoms. The highest BCUT2D eigenvalue weighted by Crippen LogP contribution is 2.37. The molecule has 1 fully saturated rings. The third-order valence-corrected chi connectivity index (χ3v) is 3.96. The van der Waals surface area contributed by atoms with E-state index < -0.39 is 12.8 Å². The second-order valence-electron chi connectivity index (χ2n) is 5.69. The summed E-state index contributed by atoms with van der Waals surface area (Å²) in [5, 5.41) is 0. The third kappa shape index (κ3) is 3.93. The van der Waals surface area contributed by atoms with E-state index in [4.69, 9.17) is 0 Å². The molecule has 22 heavy (non-hydrogen) atoms. The molecule has 1 aliphatic rings. The highest BCUT2D eigenvalue weighted by molar-refractivity contribution is 5.73. The lowest BCUT2D eigenvalue weighted by molar-refractivity contribution is -0.186. The van der Waals surface area contributed by atoms with Crippen molar-refractivity contribution >= 4 is 5.91 Å². The number of nitrogens with zero attached hydrogens (tertiary/aromatic N) is 1. The van der Waals surface area contributed by atoms with Crippen molar-refractivity contribution in [2.75, 3.05) is 19.8 Å². The molecule has 1 amide bonds. The van der Waals surface area contributed by atoms with Gasteiger partial charge in [0.2, 0.25) is 5.91 Å². The molecule has 1 saturated heterocycles. The highest BCUT2D eigenvalue weighted by atomic mass is 19.3. The molecule has 0 N–H and O–H groups in total. The number of alkyl halides is 3. The summed E-state index contributed by atoms with van der Waals surface area (Å²) in [6.45, 7) is 2.61. The van der Waals surface area contributed by atoms with E-state index in [0.29, 0.717) is 31.5 Å². The Bertz CT molecular complexity index is 540. The van der Waals surface area contributed by atoms with Crippen molar-refractivity contribution in [3.05, 3.63) is 29.3 Å². The predicted octanol–water partition coefficient (Wildman–Crippen LogP) is 3.66. The number of likely N-dealkylation sites (tertiary alicyclic amines) is 1. The number of carbonyl (C=O) groups excluding carboxylic acids is 1. The summed E-state index contributed by atoms with van der Waals surface area (Å²) >= 11 is 0. The van der Waals surface area contributed by atoms with E-state index in [-0.39, 0.29) is 17.6 Å². The van der Waals surface area contributed by atoms with Crippen LogP contribution >= 0.6 is 0 Å². The van der Waals surface area contributed by atoms with Crippen LogP contribution in [0.3, 0.4) is 0 Å². The van der Waals surface area contributed by atoms with E-state index in [9.17, 15) is 18.0 Å². The zero-order valence-electron chi connectivity index (χ0n) is 12.7. The normalized spacial score (nSPS) is 16.7. The number of hydrogen-bond acceptors (Lipinski definition) is 2. The number of amides is 1. The molecule has 1 aromatic rings. The summed E-state index contributed by atoms with van der Waals surface area (Å²) in [6, 6.07) is 5.09. The molecule has 0 unspecified atom stereocenters. The molecule has 0 radical (unpaired) electrons. The average Bonchev–Trinajstić information content (AvgIpc) is 2.47. The fraction of sp³-hybridized carbons (Fsp3) is 0.562. The number of benzene rings is 1. The largest absolute Gasteiger partial charge is 0.430 e. The van der Waals surface area contributed by atoms with Gasteiger partial charge in [-0.15, -0.1) is 0 Å². The Morgan fingerprint density at radius 3 is 2.55 bits per heavy atom. The lowest BCUT2D eigenvalue weighted by Gasteiger charge is -2.32. The van der Waals surface area contributed by atoms with Gasteiger partial charge >= 0.3 is 6.11 Å². The van der Waals surface area contributed by atoms with Crippen LogP contribution in [0.5, 0.6) is 5.75 Å². The van der Waals surface area contributed by atoms with Gasteiger partial charge in [0, 0.05) is 20.0 Å². The van der Waals surface area contributed by atoms with Crippen molar-refractivity contribution in [2.24, 2.45) is 0 Å². The van der Waals surface area contributed by atoms with Crippen LogP contribution in [0.25, 0.3) is 0 Å². The standard InChI is InChI=1S/C16H20F3NO2/c1-11-3-4-14(15(9-11)22-16(18,19)10-17)13-5-7-20(8-6-13)12(2)21/h3-4,9,13H,5-8,10H2,1-2H3. The van der Waals surface area contributed by atoms with Gasteiger partial charge in [0.15, 0.2) is 6.67 Å². The van der Waals surface area contributed by atoms with Crippen molar-refractivity contribution in [1.29, 1.82) is 0 Å². The SMILES string of the molecule is CC(=O)N1CCC(c2ccc(C)cc2OC(F)(F)CF)CC1. The number of aryl methyl sites for hydroxylation is 1. The van der Waals surface area contributed by atoms with Crippen LogP contribution in [0.1, 0.15) is 36.8 Å². The summed E-state index contributed by atoms with van der Waals surface area (Å²) in [5.41, 5.74) is 1.43. The Balaban J connectivity index is 2.19. The highest BCUT2D eigenvalue weighted by Gasteiger charge is 2.34. The van der Waals surface area contributed by atoms with Crippen molar-refractivity contribution in [3.8, 4) is 5.75 Å². The molecule has 1 aromatic carbocycles. The topological polar surface area (TPSA) is 29.5 Å². The molecule has 0 aromatic heterocycles. The Morgan fingerprint density at radius 2 is 2.00 bits per heavy atom. The third-order valence-electron chi connectivity index (χ3n) is 3.96. The Kier molecular flexibility index (Phi) is 4.98. The van der Waals surface area contributed by atoms with Crippen molar-refractivity contribution < 1.29 is 22.7 Å². The lowest BCUT2D eigenvalue weighted by atomic mass is 9.88. The predicted molar refractivity (Wildman–Crippen MR) is 77.0 cm³/mol. The van der Waals surface area contributed by atoms with Gasteiger partial charge in [-0.2, -0.15) is 8.78 Å². The van der Waals surface area contributed by atoms with Crippen LogP contribution in [0.15, 0.2) is 18.2 Å². The molecule has 122 valence electrons. The monoisotopic (exact) mass is 315 g/mol. The Labute approximate surface area is 128 Å². The summed E-state index contributed by atoms with van der Waals surface area (Å²) in [4.78, 5) is 13.1. The molecule has 3 nitrogen and oxygen atoms in total. The number of rotatable bonds is 4. The molecule has 0 aliphatic carbocycles. The van der Waals surface area contributed by atoms with Gasteiger partial charge < -0.3 is 9.64 Å². The van der Waals surface area contributed by atoms with Gasteiger partial charge in [-0.25, -0.2) is 4.39 Å². The molecule has 0 spiro atoms. The van der Waals surface area contributed by atoms with Crippen molar-refractivity contribution in [1.82, 2.24) is 4.90 Å². The van der Waals surface area contributed by atoms with Crippen LogP contribution in [-0.4, -0.2) is 36.7 Å². The van der Waals surface area contributed by atoms with E-state index >= 15 is 0 Å². The molecule has 0 saturated carbocycles.